The molecule has 0 saturated carbocycles. The van der Waals surface area contributed by atoms with E-state index in [2.05, 4.69) is 15.1 Å². The molecule has 0 spiro atoms. The van der Waals surface area contributed by atoms with Gasteiger partial charge in [0.1, 0.15) is 11.9 Å². The minimum atomic E-state index is -0.689. The normalized spacial score (nSPS) is 17.0. The molecule has 0 bridgehead atoms. The van der Waals surface area contributed by atoms with E-state index < -0.39 is 11.9 Å². The van der Waals surface area contributed by atoms with E-state index >= 15 is 0 Å². The van der Waals surface area contributed by atoms with Crippen LogP contribution in [0.2, 0.25) is 0 Å². The Bertz CT molecular complexity index is 1010. The van der Waals surface area contributed by atoms with E-state index in [0.29, 0.717) is 30.1 Å². The van der Waals surface area contributed by atoms with Gasteiger partial charge in [-0.05, 0) is 43.5 Å². The lowest BCUT2D eigenvalue weighted by atomic mass is 10.1. The zero-order valence-corrected chi connectivity index (χ0v) is 15.1. The molecular formula is C19H20FN5O2. The molecule has 27 heavy (non-hydrogen) atoms. The number of benzene rings is 1. The first-order valence-electron chi connectivity index (χ1n) is 8.74. The summed E-state index contributed by atoms with van der Waals surface area (Å²) in [5, 5.41) is 14.1. The lowest BCUT2D eigenvalue weighted by Gasteiger charge is -2.16. The fourth-order valence-electron chi connectivity index (χ4n) is 3.19. The van der Waals surface area contributed by atoms with E-state index in [1.807, 2.05) is 23.8 Å². The number of hydrogen-bond donors (Lipinski definition) is 1. The SMILES string of the molecule is COc1cc(/C=C(\F)c2nc3n(n2)CCC[C@H]3O)ccc1-n1cnc(C)c1. The number of methoxy groups -OCH3 is 1. The summed E-state index contributed by atoms with van der Waals surface area (Å²) in [7, 11) is 1.57. The van der Waals surface area contributed by atoms with Gasteiger partial charge in [-0.15, -0.1) is 5.10 Å². The molecule has 3 heterocycles. The number of ether oxygens (including phenoxy) is 1. The third kappa shape index (κ3) is 3.35. The van der Waals surface area contributed by atoms with E-state index in [9.17, 15) is 9.50 Å². The van der Waals surface area contributed by atoms with E-state index in [1.165, 1.54) is 6.08 Å². The molecule has 0 fully saturated rings. The average Bonchev–Trinajstić information content (AvgIpc) is 3.29. The molecule has 1 aliphatic rings. The van der Waals surface area contributed by atoms with E-state index in [0.717, 1.165) is 17.8 Å². The molecule has 0 radical (unpaired) electrons. The molecule has 0 amide bonds. The predicted octanol–water partition coefficient (Wildman–Crippen LogP) is 3.08. The minimum Gasteiger partial charge on any atom is -0.495 e. The molecular weight excluding hydrogens is 349 g/mol. The van der Waals surface area contributed by atoms with Gasteiger partial charge in [-0.1, -0.05) is 6.07 Å². The fourth-order valence-corrected chi connectivity index (χ4v) is 3.19. The first-order chi connectivity index (χ1) is 13.0. The van der Waals surface area contributed by atoms with Gasteiger partial charge in [0.2, 0.25) is 5.82 Å². The monoisotopic (exact) mass is 369 g/mol. The highest BCUT2D eigenvalue weighted by molar-refractivity contribution is 5.75. The summed E-state index contributed by atoms with van der Waals surface area (Å²) < 4.78 is 23.6. The second-order valence-electron chi connectivity index (χ2n) is 6.52. The second-order valence-corrected chi connectivity index (χ2v) is 6.52. The molecule has 3 aromatic rings. The second kappa shape index (κ2) is 6.96. The summed E-state index contributed by atoms with van der Waals surface area (Å²) in [6, 6.07) is 5.38. The number of hydrogen-bond acceptors (Lipinski definition) is 5. The van der Waals surface area contributed by atoms with Crippen molar-refractivity contribution in [3.05, 3.63) is 53.6 Å². The quantitative estimate of drug-likeness (QED) is 0.765. The number of fused-ring (bicyclic) bond motifs is 1. The van der Waals surface area contributed by atoms with Gasteiger partial charge in [0.15, 0.2) is 11.7 Å². The van der Waals surface area contributed by atoms with Crippen molar-refractivity contribution < 1.29 is 14.2 Å². The van der Waals surface area contributed by atoms with Crippen molar-refractivity contribution in [2.45, 2.75) is 32.4 Å². The lowest BCUT2D eigenvalue weighted by molar-refractivity contribution is 0.130. The Morgan fingerprint density at radius 1 is 1.41 bits per heavy atom. The standard InChI is InChI=1S/C19H20FN5O2/c1-12-10-24(11-21-12)15-6-5-13(9-17(15)27-2)8-14(20)18-22-19-16(26)4-3-7-25(19)23-18/h5-6,8-11,16,26H,3-4,7H2,1-2H3/b14-8-/t16-/m1/s1. The van der Waals surface area contributed by atoms with E-state index in [4.69, 9.17) is 4.74 Å². The van der Waals surface area contributed by atoms with Gasteiger partial charge in [0.25, 0.3) is 0 Å². The maximum atomic E-state index is 14.7. The van der Waals surface area contributed by atoms with Crippen molar-refractivity contribution in [2.24, 2.45) is 0 Å². The van der Waals surface area contributed by atoms with Gasteiger partial charge in [-0.25, -0.2) is 19.0 Å². The summed E-state index contributed by atoms with van der Waals surface area (Å²) in [5.74, 6) is 0.446. The average molecular weight is 369 g/mol. The van der Waals surface area contributed by atoms with Crippen LogP contribution in [-0.4, -0.2) is 36.5 Å². The first-order valence-corrected chi connectivity index (χ1v) is 8.74. The topological polar surface area (TPSA) is 78.0 Å². The predicted molar refractivity (Wildman–Crippen MR) is 98.0 cm³/mol. The van der Waals surface area contributed by atoms with Crippen LogP contribution in [0.4, 0.5) is 4.39 Å². The number of aliphatic hydroxyl groups is 1. The van der Waals surface area contributed by atoms with Crippen molar-refractivity contribution in [1.29, 1.82) is 0 Å². The molecule has 1 aliphatic heterocycles. The Morgan fingerprint density at radius 3 is 2.96 bits per heavy atom. The van der Waals surface area contributed by atoms with Crippen LogP contribution in [0, 0.1) is 6.92 Å². The van der Waals surface area contributed by atoms with Crippen molar-refractivity contribution in [2.75, 3.05) is 7.11 Å². The molecule has 1 N–H and O–H groups in total. The van der Waals surface area contributed by atoms with E-state index in [1.54, 1.807) is 30.3 Å². The Labute approximate surface area is 155 Å². The highest BCUT2D eigenvalue weighted by atomic mass is 19.1. The van der Waals surface area contributed by atoms with Gasteiger partial charge in [0, 0.05) is 12.7 Å². The van der Waals surface area contributed by atoms with Crippen LogP contribution in [0.3, 0.4) is 0 Å². The van der Waals surface area contributed by atoms with Crippen LogP contribution in [0.15, 0.2) is 30.7 Å². The van der Waals surface area contributed by atoms with Gasteiger partial charge < -0.3 is 14.4 Å². The zero-order chi connectivity index (χ0) is 19.0. The van der Waals surface area contributed by atoms with Gasteiger partial charge in [-0.3, -0.25) is 0 Å². The third-order valence-electron chi connectivity index (χ3n) is 4.55. The van der Waals surface area contributed by atoms with Crippen LogP contribution < -0.4 is 4.74 Å². The zero-order valence-electron chi connectivity index (χ0n) is 15.1. The minimum absolute atomic E-state index is 0.0146. The van der Waals surface area contributed by atoms with Crippen molar-refractivity contribution in [3.8, 4) is 11.4 Å². The molecule has 140 valence electrons. The summed E-state index contributed by atoms with van der Waals surface area (Å²) >= 11 is 0. The molecule has 1 atom stereocenters. The third-order valence-corrected chi connectivity index (χ3v) is 4.55. The highest BCUT2D eigenvalue weighted by Gasteiger charge is 2.23. The number of rotatable bonds is 4. The summed E-state index contributed by atoms with van der Waals surface area (Å²) in [5.41, 5.74) is 2.33. The summed E-state index contributed by atoms with van der Waals surface area (Å²) in [6.07, 6.45) is 5.68. The number of nitrogens with zero attached hydrogens (tertiary/aromatic N) is 5. The number of aromatic nitrogens is 5. The van der Waals surface area contributed by atoms with Crippen molar-refractivity contribution in [3.63, 3.8) is 0 Å². The Hall–Kier alpha value is -3.00. The highest BCUT2D eigenvalue weighted by Crippen LogP contribution is 2.28. The number of halogens is 1. The maximum Gasteiger partial charge on any atom is 0.210 e. The maximum absolute atomic E-state index is 14.7. The Morgan fingerprint density at radius 2 is 2.26 bits per heavy atom. The first kappa shape index (κ1) is 17.4. The van der Waals surface area contributed by atoms with Crippen LogP contribution in [0.5, 0.6) is 5.75 Å². The molecule has 0 unspecified atom stereocenters. The summed E-state index contributed by atoms with van der Waals surface area (Å²) in [6.45, 7) is 2.55. The van der Waals surface area contributed by atoms with Gasteiger partial charge in [-0.2, -0.15) is 0 Å². The lowest BCUT2D eigenvalue weighted by Crippen LogP contribution is -2.16. The van der Waals surface area contributed by atoms with Crippen LogP contribution in [0.1, 0.15) is 41.9 Å². The van der Waals surface area contributed by atoms with Crippen molar-refractivity contribution in [1.82, 2.24) is 24.3 Å². The molecule has 4 rings (SSSR count). The largest absolute Gasteiger partial charge is 0.495 e. The van der Waals surface area contributed by atoms with Crippen LogP contribution in [-0.2, 0) is 6.54 Å². The number of aliphatic hydroxyl groups excluding tert-OH is 1. The van der Waals surface area contributed by atoms with Crippen molar-refractivity contribution >= 4 is 11.9 Å². The molecule has 1 aromatic carbocycles. The smallest absolute Gasteiger partial charge is 0.210 e. The molecule has 8 heteroatoms. The molecule has 0 aliphatic carbocycles. The van der Waals surface area contributed by atoms with Crippen LogP contribution in [0.25, 0.3) is 17.6 Å². The van der Waals surface area contributed by atoms with Crippen LogP contribution >= 0.6 is 0 Å². The number of imidazole rings is 1. The molecule has 2 aromatic heterocycles. The molecule has 0 saturated heterocycles. The summed E-state index contributed by atoms with van der Waals surface area (Å²) in [4.78, 5) is 8.37. The van der Waals surface area contributed by atoms with E-state index in [-0.39, 0.29) is 5.82 Å². The van der Waals surface area contributed by atoms with Gasteiger partial charge in [0.05, 0.1) is 24.8 Å². The Balaban J connectivity index is 1.65. The Kier molecular flexibility index (Phi) is 4.49. The molecule has 7 nitrogen and oxygen atoms in total. The fraction of sp³-hybridized carbons (Fsp3) is 0.316. The van der Waals surface area contributed by atoms with Gasteiger partial charge >= 0.3 is 0 Å². The number of aryl methyl sites for hydroxylation is 2.